The van der Waals surface area contributed by atoms with Gasteiger partial charge in [0.1, 0.15) is 17.2 Å². The molecule has 5 aromatic carbocycles. The zero-order valence-corrected chi connectivity index (χ0v) is 20.4. The number of hydrogen-bond donors (Lipinski definition) is 0. The van der Waals surface area contributed by atoms with Crippen molar-refractivity contribution in [3.05, 3.63) is 124 Å². The Balaban J connectivity index is 1.40. The Hall–Kier alpha value is -5.10. The normalized spacial score (nSPS) is 17.3. The van der Waals surface area contributed by atoms with Crippen molar-refractivity contribution in [1.29, 1.82) is 0 Å². The first-order valence-corrected chi connectivity index (χ1v) is 12.2. The minimum Gasteiger partial charge on any atom is -0.497 e. The molecule has 0 saturated carbocycles. The second-order valence-corrected chi connectivity index (χ2v) is 9.41. The summed E-state index contributed by atoms with van der Waals surface area (Å²) in [6, 6.07) is 28.7. The first-order chi connectivity index (χ1) is 18.5. The van der Waals surface area contributed by atoms with Crippen LogP contribution in [-0.4, -0.2) is 17.8 Å². The van der Waals surface area contributed by atoms with Crippen LogP contribution in [0.5, 0.6) is 17.2 Å². The van der Waals surface area contributed by atoms with Gasteiger partial charge in [-0.15, -0.1) is 0 Å². The van der Waals surface area contributed by atoms with E-state index in [1.807, 2.05) is 78.9 Å². The molecule has 2 aliphatic heterocycles. The van der Waals surface area contributed by atoms with E-state index in [0.717, 1.165) is 49.6 Å². The zero-order chi connectivity index (χ0) is 25.9. The van der Waals surface area contributed by atoms with E-state index < -0.39 is 10.7 Å². The predicted molar refractivity (Wildman–Crippen MR) is 148 cm³/mol. The highest BCUT2D eigenvalue weighted by Crippen LogP contribution is 2.47. The van der Waals surface area contributed by atoms with Crippen LogP contribution < -0.4 is 14.2 Å². The molecule has 1 spiro atoms. The van der Waals surface area contributed by atoms with E-state index in [9.17, 15) is 10.1 Å². The maximum atomic E-state index is 11.4. The molecule has 1 unspecified atom stereocenters. The summed E-state index contributed by atoms with van der Waals surface area (Å²) in [7, 11) is 1.65. The summed E-state index contributed by atoms with van der Waals surface area (Å²) in [4.78, 5) is 11.0. The van der Waals surface area contributed by atoms with Crippen LogP contribution in [0.4, 0.5) is 5.69 Å². The van der Waals surface area contributed by atoms with Gasteiger partial charge in [0.25, 0.3) is 11.5 Å². The topological polar surface area (TPSA) is 70.8 Å². The number of methoxy groups -OCH3 is 1. The van der Waals surface area contributed by atoms with Crippen molar-refractivity contribution in [3.8, 4) is 17.2 Å². The lowest BCUT2D eigenvalue weighted by molar-refractivity contribution is -0.384. The molecule has 7 rings (SSSR count). The van der Waals surface area contributed by atoms with Gasteiger partial charge < -0.3 is 14.2 Å². The molecule has 2 heterocycles. The number of nitro groups is 1. The van der Waals surface area contributed by atoms with E-state index in [0.29, 0.717) is 11.5 Å². The average molecular weight is 500 g/mol. The SMILES string of the molecule is COc1ccc2cc3c(cc2c1)OC1(C=Cc2cc4ccc([N+](=O)[O-])cc4cc2O1)C(c1ccccc1)=C3. The summed E-state index contributed by atoms with van der Waals surface area (Å²) in [6.07, 6.45) is 6.04. The van der Waals surface area contributed by atoms with Crippen molar-refractivity contribution in [2.45, 2.75) is 5.79 Å². The van der Waals surface area contributed by atoms with Crippen LogP contribution >= 0.6 is 0 Å². The monoisotopic (exact) mass is 499 g/mol. The molecule has 0 saturated heterocycles. The van der Waals surface area contributed by atoms with Crippen LogP contribution in [0, 0.1) is 10.1 Å². The molecule has 0 fully saturated rings. The van der Waals surface area contributed by atoms with E-state index in [2.05, 4.69) is 12.1 Å². The maximum absolute atomic E-state index is 11.4. The summed E-state index contributed by atoms with van der Waals surface area (Å²) in [5.41, 5.74) is 3.69. The number of rotatable bonds is 3. The average Bonchev–Trinajstić information content (AvgIpc) is 2.94. The molecular weight excluding hydrogens is 478 g/mol. The number of nitrogens with zero attached hydrogens (tertiary/aromatic N) is 1. The first kappa shape index (κ1) is 22.1. The van der Waals surface area contributed by atoms with Gasteiger partial charge in [-0.25, -0.2) is 0 Å². The summed E-state index contributed by atoms with van der Waals surface area (Å²) >= 11 is 0. The first-order valence-electron chi connectivity index (χ1n) is 12.2. The Labute approximate surface area is 218 Å². The second-order valence-electron chi connectivity index (χ2n) is 9.41. The predicted octanol–water partition coefficient (Wildman–Crippen LogP) is 7.64. The molecule has 5 aromatic rings. The number of ether oxygens (including phenoxy) is 3. The Bertz CT molecular complexity index is 1840. The standard InChI is InChI=1S/C32H21NO5/c1-36-28-10-8-22-14-26-17-29(20-5-3-2-4-6-20)32(38-31(26)19-25(22)16-28)12-11-23-13-21-7-9-27(33(34)35)15-24(21)18-30(23)37-32/h2-19H,1H3. The molecule has 38 heavy (non-hydrogen) atoms. The Morgan fingerprint density at radius 1 is 0.763 bits per heavy atom. The molecule has 2 aliphatic rings. The van der Waals surface area contributed by atoms with Gasteiger partial charge in [0.2, 0.25) is 0 Å². The molecule has 0 bridgehead atoms. The molecular formula is C32H21NO5. The molecule has 0 radical (unpaired) electrons. The Morgan fingerprint density at radius 2 is 1.45 bits per heavy atom. The molecule has 6 heteroatoms. The van der Waals surface area contributed by atoms with E-state index in [1.54, 1.807) is 19.2 Å². The molecule has 1 atom stereocenters. The second kappa shape index (κ2) is 8.21. The fourth-order valence-corrected chi connectivity index (χ4v) is 5.19. The van der Waals surface area contributed by atoms with Crippen molar-refractivity contribution < 1.29 is 19.1 Å². The molecule has 0 aromatic heterocycles. The molecule has 0 aliphatic carbocycles. The minimum atomic E-state index is -1.22. The number of hydrogen-bond acceptors (Lipinski definition) is 5. The van der Waals surface area contributed by atoms with Crippen LogP contribution in [0.3, 0.4) is 0 Å². The van der Waals surface area contributed by atoms with Gasteiger partial charge in [-0.05, 0) is 81.7 Å². The molecule has 0 amide bonds. The van der Waals surface area contributed by atoms with Crippen LogP contribution in [0.25, 0.3) is 39.3 Å². The number of nitro benzene ring substituents is 1. The number of fused-ring (bicyclic) bond motifs is 4. The van der Waals surface area contributed by atoms with Crippen molar-refractivity contribution in [3.63, 3.8) is 0 Å². The molecule has 6 nitrogen and oxygen atoms in total. The van der Waals surface area contributed by atoms with Gasteiger partial charge in [-0.2, -0.15) is 0 Å². The van der Waals surface area contributed by atoms with Crippen molar-refractivity contribution in [2.24, 2.45) is 0 Å². The van der Waals surface area contributed by atoms with Crippen LogP contribution in [0.1, 0.15) is 16.7 Å². The lowest BCUT2D eigenvalue weighted by Gasteiger charge is -2.40. The van der Waals surface area contributed by atoms with Gasteiger partial charge >= 0.3 is 0 Å². The number of benzene rings is 5. The molecule has 184 valence electrons. The van der Waals surface area contributed by atoms with Gasteiger partial charge in [-0.1, -0.05) is 36.4 Å². The third-order valence-corrected chi connectivity index (χ3v) is 7.10. The summed E-state index contributed by atoms with van der Waals surface area (Å²) in [5.74, 6) is 0.831. The Kier molecular flexibility index (Phi) is 4.78. The van der Waals surface area contributed by atoms with E-state index in [4.69, 9.17) is 14.2 Å². The van der Waals surface area contributed by atoms with Crippen molar-refractivity contribution in [1.82, 2.24) is 0 Å². The lowest BCUT2D eigenvalue weighted by Crippen LogP contribution is -2.44. The van der Waals surface area contributed by atoms with Gasteiger partial charge in [-0.3, -0.25) is 10.1 Å². The van der Waals surface area contributed by atoms with Crippen molar-refractivity contribution >= 4 is 45.0 Å². The van der Waals surface area contributed by atoms with E-state index >= 15 is 0 Å². The molecule has 0 N–H and O–H groups in total. The Morgan fingerprint density at radius 3 is 2.18 bits per heavy atom. The van der Waals surface area contributed by atoms with Gasteiger partial charge in [0.05, 0.1) is 12.0 Å². The quantitative estimate of drug-likeness (QED) is 0.188. The van der Waals surface area contributed by atoms with Crippen molar-refractivity contribution in [2.75, 3.05) is 7.11 Å². The van der Waals surface area contributed by atoms with Crippen LogP contribution in [-0.2, 0) is 0 Å². The van der Waals surface area contributed by atoms with Crippen LogP contribution in [0.2, 0.25) is 0 Å². The van der Waals surface area contributed by atoms with E-state index in [-0.39, 0.29) is 5.69 Å². The fourth-order valence-electron chi connectivity index (χ4n) is 5.19. The summed E-state index contributed by atoms with van der Waals surface area (Å²) in [5, 5.41) is 15.0. The summed E-state index contributed by atoms with van der Waals surface area (Å²) < 4.78 is 18.8. The third-order valence-electron chi connectivity index (χ3n) is 7.10. The van der Waals surface area contributed by atoms with Gasteiger partial charge in [0.15, 0.2) is 0 Å². The number of non-ortho nitro benzene ring substituents is 1. The zero-order valence-electron chi connectivity index (χ0n) is 20.4. The van der Waals surface area contributed by atoms with E-state index in [1.165, 1.54) is 6.07 Å². The summed E-state index contributed by atoms with van der Waals surface area (Å²) in [6.45, 7) is 0. The maximum Gasteiger partial charge on any atom is 0.299 e. The minimum absolute atomic E-state index is 0.0357. The van der Waals surface area contributed by atoms with Crippen LogP contribution in [0.15, 0.2) is 97.1 Å². The lowest BCUT2D eigenvalue weighted by atomic mass is 9.89. The van der Waals surface area contributed by atoms with Gasteiger partial charge in [0, 0.05) is 34.9 Å². The third kappa shape index (κ3) is 3.50. The highest BCUT2D eigenvalue weighted by Gasteiger charge is 2.43. The fraction of sp³-hybridized carbons (Fsp3) is 0.0625. The highest BCUT2D eigenvalue weighted by molar-refractivity contribution is 5.97. The largest absolute Gasteiger partial charge is 0.497 e. The highest BCUT2D eigenvalue weighted by atomic mass is 16.7. The smallest absolute Gasteiger partial charge is 0.299 e.